The number of rotatable bonds is 4. The molecule has 2 unspecified atom stereocenters. The maximum Gasteiger partial charge on any atom is 0.0583 e. The molecule has 3 heteroatoms. The molecule has 1 aromatic heterocycles. The van der Waals surface area contributed by atoms with Crippen LogP contribution in [0.3, 0.4) is 0 Å². The second kappa shape index (κ2) is 4.91. The van der Waals surface area contributed by atoms with Gasteiger partial charge in [-0.05, 0) is 35.8 Å². The molecule has 0 aromatic carbocycles. The number of hydrogen-bond donors (Lipinski definition) is 2. The summed E-state index contributed by atoms with van der Waals surface area (Å²) in [5.74, 6) is 6.82. The smallest absolute Gasteiger partial charge is 0.0583 e. The highest BCUT2D eigenvalue weighted by Crippen LogP contribution is 2.32. The van der Waals surface area contributed by atoms with Crippen LogP contribution in [0.1, 0.15) is 37.3 Å². The molecule has 0 aliphatic carbocycles. The molecular formula is C11H20N2S. The van der Waals surface area contributed by atoms with E-state index < -0.39 is 0 Å². The standard InChI is InChI=1S/C11H20N2S/c1-7(2)9(4)10(13-12)11-8(3)5-6-14-11/h5-7,9-10,13H,12H2,1-4H3. The summed E-state index contributed by atoms with van der Waals surface area (Å²) in [6, 6.07) is 2.44. The summed E-state index contributed by atoms with van der Waals surface area (Å²) < 4.78 is 0. The molecule has 0 spiro atoms. The van der Waals surface area contributed by atoms with Gasteiger partial charge in [0, 0.05) is 4.88 Å². The molecule has 0 fully saturated rings. The van der Waals surface area contributed by atoms with Crippen LogP contribution in [0.2, 0.25) is 0 Å². The van der Waals surface area contributed by atoms with E-state index in [1.165, 1.54) is 10.4 Å². The summed E-state index contributed by atoms with van der Waals surface area (Å²) in [5.41, 5.74) is 4.28. The van der Waals surface area contributed by atoms with Gasteiger partial charge in [0.15, 0.2) is 0 Å². The Morgan fingerprint density at radius 1 is 1.36 bits per heavy atom. The van der Waals surface area contributed by atoms with E-state index >= 15 is 0 Å². The summed E-state index contributed by atoms with van der Waals surface area (Å²) in [7, 11) is 0. The lowest BCUT2D eigenvalue weighted by atomic mass is 9.89. The monoisotopic (exact) mass is 212 g/mol. The number of thiophene rings is 1. The number of hydrogen-bond acceptors (Lipinski definition) is 3. The maximum atomic E-state index is 5.63. The lowest BCUT2D eigenvalue weighted by molar-refractivity contribution is 0.309. The number of hydrazine groups is 1. The second-order valence-electron chi connectivity index (χ2n) is 4.22. The molecule has 14 heavy (non-hydrogen) atoms. The Morgan fingerprint density at radius 2 is 2.00 bits per heavy atom. The van der Waals surface area contributed by atoms with Crippen LogP contribution in [-0.2, 0) is 0 Å². The molecule has 0 saturated heterocycles. The summed E-state index contributed by atoms with van der Waals surface area (Å²) in [6.45, 7) is 8.85. The van der Waals surface area contributed by atoms with E-state index in [2.05, 4.69) is 44.6 Å². The van der Waals surface area contributed by atoms with Crippen LogP contribution in [0.15, 0.2) is 11.4 Å². The molecule has 0 amide bonds. The average molecular weight is 212 g/mol. The van der Waals surface area contributed by atoms with Gasteiger partial charge >= 0.3 is 0 Å². The van der Waals surface area contributed by atoms with E-state index in [0.717, 1.165) is 0 Å². The first-order chi connectivity index (χ1) is 6.57. The molecule has 1 heterocycles. The molecule has 1 rings (SSSR count). The minimum absolute atomic E-state index is 0.287. The van der Waals surface area contributed by atoms with E-state index in [0.29, 0.717) is 11.8 Å². The molecule has 0 saturated carbocycles. The predicted molar refractivity (Wildman–Crippen MR) is 63.1 cm³/mol. The van der Waals surface area contributed by atoms with Gasteiger partial charge in [-0.1, -0.05) is 20.8 Å². The van der Waals surface area contributed by atoms with E-state index in [1.807, 2.05) is 0 Å². The number of aryl methyl sites for hydroxylation is 1. The van der Waals surface area contributed by atoms with Crippen LogP contribution in [0.5, 0.6) is 0 Å². The van der Waals surface area contributed by atoms with Gasteiger partial charge in [0.2, 0.25) is 0 Å². The molecule has 2 nitrogen and oxygen atoms in total. The Hall–Kier alpha value is -0.380. The van der Waals surface area contributed by atoms with Crippen molar-refractivity contribution in [1.29, 1.82) is 0 Å². The first kappa shape index (κ1) is 11.7. The topological polar surface area (TPSA) is 38.0 Å². The normalized spacial score (nSPS) is 15.9. The molecule has 3 N–H and O–H groups in total. The zero-order valence-electron chi connectivity index (χ0n) is 9.37. The SMILES string of the molecule is Cc1ccsc1C(NN)C(C)C(C)C. The quantitative estimate of drug-likeness (QED) is 0.595. The van der Waals surface area contributed by atoms with Crippen molar-refractivity contribution in [2.45, 2.75) is 33.7 Å². The van der Waals surface area contributed by atoms with Crippen molar-refractivity contribution in [2.75, 3.05) is 0 Å². The van der Waals surface area contributed by atoms with E-state index in [1.54, 1.807) is 11.3 Å². The minimum Gasteiger partial charge on any atom is -0.271 e. The fraction of sp³-hybridized carbons (Fsp3) is 0.636. The maximum absolute atomic E-state index is 5.63. The van der Waals surface area contributed by atoms with Crippen LogP contribution in [0, 0.1) is 18.8 Å². The minimum atomic E-state index is 0.287. The molecule has 0 aliphatic rings. The highest BCUT2D eigenvalue weighted by molar-refractivity contribution is 7.10. The Labute approximate surface area is 90.5 Å². The molecule has 1 aromatic rings. The van der Waals surface area contributed by atoms with Crippen LogP contribution in [0.4, 0.5) is 0 Å². The van der Waals surface area contributed by atoms with Crippen molar-refractivity contribution < 1.29 is 0 Å². The largest absolute Gasteiger partial charge is 0.271 e. The zero-order valence-corrected chi connectivity index (χ0v) is 10.2. The first-order valence-electron chi connectivity index (χ1n) is 5.08. The van der Waals surface area contributed by atoms with Gasteiger partial charge < -0.3 is 0 Å². The van der Waals surface area contributed by atoms with Crippen molar-refractivity contribution >= 4 is 11.3 Å². The second-order valence-corrected chi connectivity index (χ2v) is 5.16. The Morgan fingerprint density at radius 3 is 2.36 bits per heavy atom. The summed E-state index contributed by atoms with van der Waals surface area (Å²) in [5, 5.41) is 2.13. The fourth-order valence-corrected chi connectivity index (χ4v) is 2.66. The van der Waals surface area contributed by atoms with Crippen LogP contribution < -0.4 is 11.3 Å². The average Bonchev–Trinajstić information content (AvgIpc) is 2.53. The van der Waals surface area contributed by atoms with Crippen molar-refractivity contribution in [2.24, 2.45) is 17.7 Å². The van der Waals surface area contributed by atoms with E-state index in [4.69, 9.17) is 5.84 Å². The fourth-order valence-electron chi connectivity index (χ4n) is 1.55. The van der Waals surface area contributed by atoms with Gasteiger partial charge in [0.1, 0.15) is 0 Å². The molecular weight excluding hydrogens is 192 g/mol. The van der Waals surface area contributed by atoms with E-state index in [9.17, 15) is 0 Å². The third kappa shape index (κ3) is 2.35. The van der Waals surface area contributed by atoms with Gasteiger partial charge in [0.05, 0.1) is 6.04 Å². The number of nitrogens with one attached hydrogen (secondary N) is 1. The molecule has 0 radical (unpaired) electrons. The van der Waals surface area contributed by atoms with Crippen LogP contribution in [-0.4, -0.2) is 0 Å². The lowest BCUT2D eigenvalue weighted by Gasteiger charge is -2.26. The first-order valence-corrected chi connectivity index (χ1v) is 5.96. The third-order valence-electron chi connectivity index (χ3n) is 2.94. The highest BCUT2D eigenvalue weighted by Gasteiger charge is 2.22. The Kier molecular flexibility index (Phi) is 4.11. The summed E-state index contributed by atoms with van der Waals surface area (Å²) >= 11 is 1.79. The number of nitrogens with two attached hydrogens (primary N) is 1. The van der Waals surface area contributed by atoms with Gasteiger partial charge in [0.25, 0.3) is 0 Å². The zero-order chi connectivity index (χ0) is 10.7. The molecule has 80 valence electrons. The van der Waals surface area contributed by atoms with Crippen LogP contribution >= 0.6 is 11.3 Å². The molecule has 0 bridgehead atoms. The Bertz CT molecular complexity index is 281. The van der Waals surface area contributed by atoms with Crippen molar-refractivity contribution in [3.05, 3.63) is 21.9 Å². The van der Waals surface area contributed by atoms with Crippen molar-refractivity contribution in [1.82, 2.24) is 5.43 Å². The third-order valence-corrected chi connectivity index (χ3v) is 4.04. The van der Waals surface area contributed by atoms with Crippen molar-refractivity contribution in [3.8, 4) is 0 Å². The van der Waals surface area contributed by atoms with Gasteiger partial charge in [-0.2, -0.15) is 0 Å². The van der Waals surface area contributed by atoms with Gasteiger partial charge in [-0.3, -0.25) is 11.3 Å². The predicted octanol–water partition coefficient (Wildman–Crippen LogP) is 2.85. The van der Waals surface area contributed by atoms with E-state index in [-0.39, 0.29) is 6.04 Å². The van der Waals surface area contributed by atoms with Crippen molar-refractivity contribution in [3.63, 3.8) is 0 Å². The lowest BCUT2D eigenvalue weighted by Crippen LogP contribution is -2.34. The summed E-state index contributed by atoms with van der Waals surface area (Å²) in [4.78, 5) is 1.37. The highest BCUT2D eigenvalue weighted by atomic mass is 32.1. The van der Waals surface area contributed by atoms with Gasteiger partial charge in [-0.25, -0.2) is 0 Å². The molecule has 2 atom stereocenters. The van der Waals surface area contributed by atoms with Gasteiger partial charge in [-0.15, -0.1) is 11.3 Å². The summed E-state index contributed by atoms with van der Waals surface area (Å²) in [6.07, 6.45) is 0. The Balaban J connectivity index is 2.87. The van der Waals surface area contributed by atoms with Crippen LogP contribution in [0.25, 0.3) is 0 Å². The molecule has 0 aliphatic heterocycles.